The highest BCUT2D eigenvalue weighted by Gasteiger charge is 2.13. The number of hydrogen-bond donors (Lipinski definition) is 3. The summed E-state index contributed by atoms with van der Waals surface area (Å²) in [6.45, 7) is 0. The summed E-state index contributed by atoms with van der Waals surface area (Å²) in [5.74, 6) is -0.662. The molecule has 0 saturated carbocycles. The Morgan fingerprint density at radius 1 is 0.923 bits per heavy atom. The largest absolute Gasteiger partial charge is 0.320 e. The van der Waals surface area contributed by atoms with Crippen molar-refractivity contribution in [2.24, 2.45) is 0 Å². The lowest BCUT2D eigenvalue weighted by molar-refractivity contribution is 0.0961. The summed E-state index contributed by atoms with van der Waals surface area (Å²) in [4.78, 5) is 25.0. The molecule has 1 aromatic heterocycles. The van der Waals surface area contributed by atoms with E-state index in [4.69, 9.17) is 23.2 Å². The minimum atomic E-state index is -0.381. The molecule has 3 rings (SSSR count). The number of benzene rings is 2. The Balaban J connectivity index is 1.70. The van der Waals surface area contributed by atoms with Crippen LogP contribution in [0.4, 0.5) is 11.4 Å². The van der Waals surface area contributed by atoms with Crippen LogP contribution >= 0.6 is 34.5 Å². The van der Waals surface area contributed by atoms with E-state index in [1.54, 1.807) is 48.5 Å². The van der Waals surface area contributed by atoms with E-state index in [0.717, 1.165) is 0 Å². The molecule has 0 spiro atoms. The van der Waals surface area contributed by atoms with E-state index < -0.39 is 0 Å². The maximum absolute atomic E-state index is 12.3. The average molecular weight is 406 g/mol. The van der Waals surface area contributed by atoms with Crippen LogP contribution in [0.25, 0.3) is 0 Å². The topological polar surface area (TPSA) is 70.2 Å². The molecule has 5 nitrogen and oxygen atoms in total. The summed E-state index contributed by atoms with van der Waals surface area (Å²) < 4.78 is 0. The van der Waals surface area contributed by atoms with Crippen LogP contribution in [0, 0.1) is 0 Å². The lowest BCUT2D eigenvalue weighted by atomic mass is 10.2. The number of rotatable bonds is 5. The highest BCUT2D eigenvalue weighted by atomic mass is 35.5. The number of anilines is 2. The van der Waals surface area contributed by atoms with Crippen LogP contribution in [-0.4, -0.2) is 11.8 Å². The fourth-order valence-electron chi connectivity index (χ4n) is 2.12. The van der Waals surface area contributed by atoms with Gasteiger partial charge in [-0.25, -0.2) is 0 Å². The summed E-state index contributed by atoms with van der Waals surface area (Å²) in [5.41, 5.74) is 6.69. The Morgan fingerprint density at radius 3 is 2.50 bits per heavy atom. The van der Waals surface area contributed by atoms with Gasteiger partial charge in [-0.3, -0.25) is 20.4 Å². The number of hydrogen-bond acceptors (Lipinski definition) is 4. The van der Waals surface area contributed by atoms with E-state index in [1.807, 2.05) is 5.38 Å². The lowest BCUT2D eigenvalue weighted by Crippen LogP contribution is -2.29. The zero-order valence-corrected chi connectivity index (χ0v) is 15.6. The number of carbonyl (C=O) groups is 2. The smallest absolute Gasteiger partial charge is 0.269 e. The van der Waals surface area contributed by atoms with Crippen LogP contribution in [0.5, 0.6) is 0 Å². The van der Waals surface area contributed by atoms with Gasteiger partial charge in [-0.15, -0.1) is 11.3 Å². The van der Waals surface area contributed by atoms with Gasteiger partial charge in [0.05, 0.1) is 21.3 Å². The Morgan fingerprint density at radius 2 is 1.77 bits per heavy atom. The fraction of sp³-hybridized carbons (Fsp3) is 0. The monoisotopic (exact) mass is 405 g/mol. The Bertz CT molecular complexity index is 945. The van der Waals surface area contributed by atoms with Gasteiger partial charge in [-0.1, -0.05) is 35.3 Å². The molecule has 3 aromatic rings. The minimum absolute atomic E-state index is 0.281. The molecule has 26 heavy (non-hydrogen) atoms. The highest BCUT2D eigenvalue weighted by molar-refractivity contribution is 7.12. The summed E-state index contributed by atoms with van der Waals surface area (Å²) in [5, 5.41) is 5.41. The summed E-state index contributed by atoms with van der Waals surface area (Å²) in [6.07, 6.45) is 0. The van der Waals surface area contributed by atoms with Gasteiger partial charge < -0.3 is 5.32 Å². The van der Waals surface area contributed by atoms with E-state index in [1.165, 1.54) is 17.4 Å². The number of nitrogens with one attached hydrogen (secondary N) is 3. The third-order valence-corrected chi connectivity index (χ3v) is 4.80. The van der Waals surface area contributed by atoms with Crippen molar-refractivity contribution in [1.29, 1.82) is 0 Å². The molecule has 0 aliphatic heterocycles. The molecule has 132 valence electrons. The first-order valence-corrected chi connectivity index (χ1v) is 9.13. The van der Waals surface area contributed by atoms with Gasteiger partial charge in [0.1, 0.15) is 0 Å². The van der Waals surface area contributed by atoms with Gasteiger partial charge >= 0.3 is 0 Å². The van der Waals surface area contributed by atoms with E-state index >= 15 is 0 Å². The van der Waals surface area contributed by atoms with Gasteiger partial charge in [0.2, 0.25) is 0 Å². The SMILES string of the molecule is O=C(NNc1cccc(Cl)c1)c1ccc(Cl)c(NC(=O)c2cccs2)c1. The molecule has 0 radical (unpaired) electrons. The van der Waals surface area contributed by atoms with Crippen molar-refractivity contribution < 1.29 is 9.59 Å². The van der Waals surface area contributed by atoms with E-state index in [9.17, 15) is 9.59 Å². The van der Waals surface area contributed by atoms with Crippen molar-refractivity contribution in [1.82, 2.24) is 5.43 Å². The van der Waals surface area contributed by atoms with Crippen molar-refractivity contribution in [3.05, 3.63) is 80.5 Å². The second kappa shape index (κ2) is 8.23. The number of halogens is 2. The van der Waals surface area contributed by atoms with Crippen molar-refractivity contribution in [2.45, 2.75) is 0 Å². The Labute approximate surface area is 163 Å². The molecule has 2 amide bonds. The predicted octanol–water partition coefficient (Wildman–Crippen LogP) is 5.06. The average Bonchev–Trinajstić information content (AvgIpc) is 3.16. The third-order valence-electron chi connectivity index (χ3n) is 3.37. The molecule has 0 bridgehead atoms. The molecular weight excluding hydrogens is 393 g/mol. The Hall–Kier alpha value is -2.54. The first-order chi connectivity index (χ1) is 12.5. The van der Waals surface area contributed by atoms with E-state index in [-0.39, 0.29) is 11.8 Å². The van der Waals surface area contributed by atoms with Crippen molar-refractivity contribution in [3.8, 4) is 0 Å². The molecule has 1 heterocycles. The summed E-state index contributed by atoms with van der Waals surface area (Å²) in [6, 6.07) is 15.1. The summed E-state index contributed by atoms with van der Waals surface area (Å²) in [7, 11) is 0. The fourth-order valence-corrected chi connectivity index (χ4v) is 3.10. The molecule has 8 heteroatoms. The van der Waals surface area contributed by atoms with Gasteiger partial charge in [-0.2, -0.15) is 0 Å². The lowest BCUT2D eigenvalue weighted by Gasteiger charge is -2.11. The molecule has 0 saturated heterocycles. The second-order valence-electron chi connectivity index (χ2n) is 5.22. The molecule has 2 aromatic carbocycles. The molecule has 0 aliphatic carbocycles. The number of thiophene rings is 1. The van der Waals surface area contributed by atoms with Gasteiger partial charge in [0, 0.05) is 10.6 Å². The molecule has 0 unspecified atom stereocenters. The Kier molecular flexibility index (Phi) is 5.78. The maximum atomic E-state index is 12.3. The van der Waals surface area contributed by atoms with Crippen molar-refractivity contribution in [3.63, 3.8) is 0 Å². The normalized spacial score (nSPS) is 10.2. The maximum Gasteiger partial charge on any atom is 0.269 e. The predicted molar refractivity (Wildman–Crippen MR) is 106 cm³/mol. The van der Waals surface area contributed by atoms with E-state index in [2.05, 4.69) is 16.2 Å². The van der Waals surface area contributed by atoms with Crippen LogP contribution < -0.4 is 16.2 Å². The third kappa shape index (κ3) is 4.54. The first kappa shape index (κ1) is 18.3. The first-order valence-electron chi connectivity index (χ1n) is 7.49. The molecule has 0 fully saturated rings. The molecular formula is C18H13Cl2N3O2S. The molecule has 0 atom stereocenters. The van der Waals surface area contributed by atoms with Crippen LogP contribution in [0.3, 0.4) is 0 Å². The van der Waals surface area contributed by atoms with Crippen molar-refractivity contribution in [2.75, 3.05) is 10.7 Å². The van der Waals surface area contributed by atoms with E-state index in [0.29, 0.717) is 31.9 Å². The molecule has 3 N–H and O–H groups in total. The van der Waals surface area contributed by atoms with Crippen molar-refractivity contribution >= 4 is 57.7 Å². The summed E-state index contributed by atoms with van der Waals surface area (Å²) >= 11 is 13.3. The number of carbonyl (C=O) groups excluding carboxylic acids is 2. The second-order valence-corrected chi connectivity index (χ2v) is 7.01. The van der Waals surface area contributed by atoms with Crippen LogP contribution in [-0.2, 0) is 0 Å². The van der Waals surface area contributed by atoms with Gasteiger partial charge in [0.15, 0.2) is 0 Å². The zero-order valence-electron chi connectivity index (χ0n) is 13.3. The molecule has 0 aliphatic rings. The van der Waals surface area contributed by atoms with Crippen LogP contribution in [0.2, 0.25) is 10.0 Å². The quantitative estimate of drug-likeness (QED) is 0.519. The number of amides is 2. The van der Waals surface area contributed by atoms with Crippen LogP contribution in [0.1, 0.15) is 20.0 Å². The minimum Gasteiger partial charge on any atom is -0.320 e. The number of hydrazine groups is 1. The van der Waals surface area contributed by atoms with Crippen LogP contribution in [0.15, 0.2) is 60.0 Å². The standard InChI is InChI=1S/C18H13Cl2N3O2S/c19-12-3-1-4-13(10-12)22-23-17(24)11-6-7-14(20)15(9-11)21-18(25)16-5-2-8-26-16/h1-10,22H,(H,21,25)(H,23,24). The zero-order chi connectivity index (χ0) is 18.5. The highest BCUT2D eigenvalue weighted by Crippen LogP contribution is 2.24. The van der Waals surface area contributed by atoms with Gasteiger partial charge in [-0.05, 0) is 47.8 Å². The van der Waals surface area contributed by atoms with Gasteiger partial charge in [0.25, 0.3) is 11.8 Å².